The number of carbonyl (C=O) groups is 2. The van der Waals surface area contributed by atoms with E-state index >= 15 is 0 Å². The van der Waals surface area contributed by atoms with E-state index in [2.05, 4.69) is 33.2 Å². The molecule has 0 saturated heterocycles. The van der Waals surface area contributed by atoms with Crippen LogP contribution in [-0.4, -0.2) is 11.8 Å². The van der Waals surface area contributed by atoms with Crippen molar-refractivity contribution in [2.75, 3.05) is 10.6 Å². The Kier molecular flexibility index (Phi) is 6.26. The van der Waals surface area contributed by atoms with Crippen molar-refractivity contribution in [2.24, 2.45) is 0 Å². The van der Waals surface area contributed by atoms with Gasteiger partial charge >= 0.3 is 0 Å². The molecule has 0 saturated carbocycles. The first-order chi connectivity index (χ1) is 10.9. The number of carbonyl (C=O) groups excluding carboxylic acids is 2. The third-order valence-corrected chi connectivity index (χ3v) is 4.32. The van der Waals surface area contributed by atoms with E-state index < -0.39 is 0 Å². The highest BCUT2D eigenvalue weighted by Gasteiger charge is 2.13. The van der Waals surface area contributed by atoms with Crippen molar-refractivity contribution in [1.82, 2.24) is 0 Å². The van der Waals surface area contributed by atoms with Crippen molar-refractivity contribution in [3.63, 3.8) is 0 Å². The first kappa shape index (κ1) is 18.0. The molecule has 0 aliphatic heterocycles. The molecule has 23 heavy (non-hydrogen) atoms. The lowest BCUT2D eigenvalue weighted by Crippen LogP contribution is -2.14. The van der Waals surface area contributed by atoms with E-state index in [1.54, 1.807) is 37.3 Å². The fourth-order valence-electron chi connectivity index (χ4n) is 1.81. The Bertz CT molecular complexity index is 766. The van der Waals surface area contributed by atoms with Crippen LogP contribution in [-0.2, 0) is 4.79 Å². The Morgan fingerprint density at radius 2 is 1.74 bits per heavy atom. The molecule has 0 atom stereocenters. The average molecular weight is 463 g/mol. The van der Waals surface area contributed by atoms with E-state index in [-0.39, 0.29) is 11.8 Å². The van der Waals surface area contributed by atoms with Crippen LogP contribution >= 0.6 is 45.8 Å². The van der Waals surface area contributed by atoms with Gasteiger partial charge in [-0.25, -0.2) is 0 Å². The van der Waals surface area contributed by atoms with Crippen molar-refractivity contribution in [2.45, 2.75) is 13.3 Å². The Morgan fingerprint density at radius 3 is 2.43 bits per heavy atom. The van der Waals surface area contributed by atoms with Crippen LogP contribution in [0.5, 0.6) is 0 Å². The molecule has 0 fully saturated rings. The fraction of sp³-hybridized carbons (Fsp3) is 0.125. The molecule has 120 valence electrons. The maximum Gasteiger partial charge on any atom is 0.257 e. The molecular formula is C16H13Cl2IN2O2. The van der Waals surface area contributed by atoms with Gasteiger partial charge in [-0.3, -0.25) is 9.59 Å². The third kappa shape index (κ3) is 4.83. The Morgan fingerprint density at radius 1 is 1.04 bits per heavy atom. The predicted molar refractivity (Wildman–Crippen MR) is 102 cm³/mol. The minimum absolute atomic E-state index is 0.120. The van der Waals surface area contributed by atoms with Crippen LogP contribution in [0, 0.1) is 3.57 Å². The summed E-state index contributed by atoms with van der Waals surface area (Å²) in [6.45, 7) is 1.76. The van der Waals surface area contributed by atoms with Crippen LogP contribution in [0.2, 0.25) is 10.0 Å². The van der Waals surface area contributed by atoms with Gasteiger partial charge in [0.25, 0.3) is 5.91 Å². The molecule has 2 N–H and O–H groups in total. The topological polar surface area (TPSA) is 58.2 Å². The maximum absolute atomic E-state index is 12.4. The molecule has 0 spiro atoms. The van der Waals surface area contributed by atoms with Gasteiger partial charge in [-0.15, -0.1) is 0 Å². The smallest absolute Gasteiger partial charge is 0.257 e. The first-order valence-electron chi connectivity index (χ1n) is 6.76. The van der Waals surface area contributed by atoms with Crippen molar-refractivity contribution in [1.29, 1.82) is 0 Å². The molecule has 7 heteroatoms. The number of amides is 2. The molecule has 2 aromatic rings. The minimum atomic E-state index is -0.366. The zero-order valence-corrected chi connectivity index (χ0v) is 15.8. The van der Waals surface area contributed by atoms with Gasteiger partial charge in [0.15, 0.2) is 0 Å². The fourth-order valence-corrected chi connectivity index (χ4v) is 2.67. The van der Waals surface area contributed by atoms with Crippen molar-refractivity contribution in [3.05, 3.63) is 55.6 Å². The summed E-state index contributed by atoms with van der Waals surface area (Å²) in [5.41, 5.74) is 1.32. The number of hydrogen-bond acceptors (Lipinski definition) is 2. The third-order valence-electron chi connectivity index (χ3n) is 2.99. The highest BCUT2D eigenvalue weighted by molar-refractivity contribution is 14.1. The molecule has 0 radical (unpaired) electrons. The van der Waals surface area contributed by atoms with Crippen LogP contribution in [0.4, 0.5) is 11.4 Å². The molecule has 0 aliphatic rings. The number of benzene rings is 2. The van der Waals surface area contributed by atoms with Crippen LogP contribution in [0.15, 0.2) is 36.4 Å². The summed E-state index contributed by atoms with van der Waals surface area (Å²) in [5, 5.41) is 6.16. The molecule has 0 bridgehead atoms. The summed E-state index contributed by atoms with van der Waals surface area (Å²) >= 11 is 14.3. The lowest BCUT2D eigenvalue weighted by Gasteiger charge is -2.11. The Hall–Kier alpha value is -1.31. The number of nitrogens with one attached hydrogen (secondary N) is 2. The first-order valence-corrected chi connectivity index (χ1v) is 8.60. The van der Waals surface area contributed by atoms with Crippen LogP contribution in [0.25, 0.3) is 0 Å². The second-order valence-electron chi connectivity index (χ2n) is 4.67. The summed E-state index contributed by atoms with van der Waals surface area (Å²) in [6, 6.07) is 10.1. The second-order valence-corrected chi connectivity index (χ2v) is 6.73. The van der Waals surface area contributed by atoms with Crippen molar-refractivity contribution < 1.29 is 9.59 Å². The van der Waals surface area contributed by atoms with E-state index in [1.807, 2.05) is 6.07 Å². The summed E-state index contributed by atoms with van der Waals surface area (Å²) in [7, 11) is 0. The summed E-state index contributed by atoms with van der Waals surface area (Å²) < 4.78 is 0.896. The van der Waals surface area contributed by atoms with Gasteiger partial charge in [0.2, 0.25) is 5.91 Å². The van der Waals surface area contributed by atoms with Crippen LogP contribution < -0.4 is 10.6 Å². The molecule has 0 unspecified atom stereocenters. The SMILES string of the molecule is CCC(=O)Nc1ccc(Cl)c(NC(=O)c2cc(I)ccc2Cl)c1. The molecule has 0 aromatic heterocycles. The number of rotatable bonds is 4. The van der Waals surface area contributed by atoms with E-state index in [0.29, 0.717) is 33.4 Å². The van der Waals surface area contributed by atoms with Gasteiger partial charge in [0.05, 0.1) is 21.3 Å². The lowest BCUT2D eigenvalue weighted by molar-refractivity contribution is -0.115. The number of halogens is 3. The minimum Gasteiger partial charge on any atom is -0.326 e. The molecule has 2 rings (SSSR count). The summed E-state index contributed by atoms with van der Waals surface area (Å²) in [5.74, 6) is -0.486. The van der Waals surface area contributed by atoms with E-state index in [1.165, 1.54) is 0 Å². The molecular weight excluding hydrogens is 450 g/mol. The van der Waals surface area contributed by atoms with Crippen molar-refractivity contribution >= 4 is 69.0 Å². The second kappa shape index (κ2) is 7.99. The maximum atomic E-state index is 12.4. The van der Waals surface area contributed by atoms with E-state index in [0.717, 1.165) is 3.57 Å². The molecule has 2 amide bonds. The highest BCUT2D eigenvalue weighted by Crippen LogP contribution is 2.27. The van der Waals surface area contributed by atoms with Gasteiger partial charge < -0.3 is 10.6 Å². The van der Waals surface area contributed by atoms with Crippen molar-refractivity contribution in [3.8, 4) is 0 Å². The standard InChI is InChI=1S/C16H13Cl2IN2O2/c1-2-15(22)20-10-4-6-13(18)14(8-10)21-16(23)11-7-9(19)3-5-12(11)17/h3-8H,2H2,1H3,(H,20,22)(H,21,23). The largest absolute Gasteiger partial charge is 0.326 e. The Balaban J connectivity index is 2.25. The number of anilines is 2. The van der Waals surface area contributed by atoms with Gasteiger partial charge in [-0.1, -0.05) is 30.1 Å². The Labute approximate surface area is 157 Å². The van der Waals surface area contributed by atoms with E-state index in [4.69, 9.17) is 23.2 Å². The molecule has 4 nitrogen and oxygen atoms in total. The normalized spacial score (nSPS) is 10.3. The zero-order valence-electron chi connectivity index (χ0n) is 12.1. The van der Waals surface area contributed by atoms with Gasteiger partial charge in [-0.2, -0.15) is 0 Å². The monoisotopic (exact) mass is 462 g/mol. The van der Waals surface area contributed by atoms with Gasteiger partial charge in [0, 0.05) is 15.7 Å². The average Bonchev–Trinajstić information content (AvgIpc) is 2.52. The zero-order chi connectivity index (χ0) is 17.0. The predicted octanol–water partition coefficient (Wildman–Crippen LogP) is 5.20. The number of hydrogen-bond donors (Lipinski definition) is 2. The van der Waals surface area contributed by atoms with Gasteiger partial charge in [-0.05, 0) is 59.0 Å². The highest BCUT2D eigenvalue weighted by atomic mass is 127. The molecule has 0 aliphatic carbocycles. The summed E-state index contributed by atoms with van der Waals surface area (Å²) in [6.07, 6.45) is 0.363. The molecule has 0 heterocycles. The van der Waals surface area contributed by atoms with E-state index in [9.17, 15) is 9.59 Å². The van der Waals surface area contributed by atoms with Crippen LogP contribution in [0.1, 0.15) is 23.7 Å². The molecule has 2 aromatic carbocycles. The van der Waals surface area contributed by atoms with Gasteiger partial charge in [0.1, 0.15) is 0 Å². The lowest BCUT2D eigenvalue weighted by atomic mass is 10.2. The quantitative estimate of drug-likeness (QED) is 0.613. The summed E-state index contributed by atoms with van der Waals surface area (Å²) in [4.78, 5) is 23.8. The van der Waals surface area contributed by atoms with Crippen LogP contribution in [0.3, 0.4) is 0 Å².